The summed E-state index contributed by atoms with van der Waals surface area (Å²) in [4.78, 5) is 2.28. The number of anilines is 1. The van der Waals surface area contributed by atoms with Crippen molar-refractivity contribution in [2.45, 2.75) is 58.2 Å². The monoisotopic (exact) mass is 251 g/mol. The lowest BCUT2D eigenvalue weighted by Gasteiger charge is -2.33. The van der Waals surface area contributed by atoms with Gasteiger partial charge in [0, 0.05) is 23.3 Å². The third-order valence-corrected chi connectivity index (χ3v) is 3.98. The highest BCUT2D eigenvalue weighted by Crippen LogP contribution is 2.37. The van der Waals surface area contributed by atoms with Crippen molar-refractivity contribution in [3.63, 3.8) is 0 Å². The number of hydrogen-bond acceptors (Lipinski definition) is 2. The Morgan fingerprint density at radius 3 is 2.78 bits per heavy atom. The summed E-state index contributed by atoms with van der Waals surface area (Å²) in [6.07, 6.45) is 2.56. The van der Waals surface area contributed by atoms with Gasteiger partial charge in [-0.1, -0.05) is 13.0 Å². The first kappa shape index (κ1) is 13.3. The predicted molar refractivity (Wildman–Crippen MR) is 72.3 cm³/mol. The van der Waals surface area contributed by atoms with Crippen LogP contribution in [0.5, 0.6) is 0 Å². The fourth-order valence-corrected chi connectivity index (χ4v) is 3.07. The third kappa shape index (κ3) is 2.24. The van der Waals surface area contributed by atoms with E-state index in [-0.39, 0.29) is 5.82 Å². The zero-order valence-corrected chi connectivity index (χ0v) is 11.4. The summed E-state index contributed by atoms with van der Waals surface area (Å²) in [5.74, 6) is -0.309. The Hall–Kier alpha value is -1.09. The molecule has 1 aromatic rings. The van der Waals surface area contributed by atoms with Crippen molar-refractivity contribution in [3.05, 3.63) is 29.6 Å². The van der Waals surface area contributed by atoms with E-state index in [4.69, 9.17) is 0 Å². The maximum atomic E-state index is 13.9. The molecule has 100 valence electrons. The molecule has 0 amide bonds. The van der Waals surface area contributed by atoms with Gasteiger partial charge in [0.2, 0.25) is 0 Å². The molecule has 1 saturated heterocycles. The first-order valence-electron chi connectivity index (χ1n) is 6.81. The Bertz CT molecular complexity index is 419. The quantitative estimate of drug-likeness (QED) is 0.886. The van der Waals surface area contributed by atoms with Crippen LogP contribution in [0.4, 0.5) is 10.1 Å². The van der Waals surface area contributed by atoms with Crippen LogP contribution < -0.4 is 4.90 Å². The second kappa shape index (κ2) is 5.27. The summed E-state index contributed by atoms with van der Waals surface area (Å²) in [5, 5.41) is 9.82. The van der Waals surface area contributed by atoms with Gasteiger partial charge < -0.3 is 10.0 Å². The number of hydrogen-bond donors (Lipinski definition) is 1. The normalized spacial score (nSPS) is 25.5. The zero-order chi connectivity index (χ0) is 13.3. The van der Waals surface area contributed by atoms with Gasteiger partial charge in [0.1, 0.15) is 5.82 Å². The first-order valence-corrected chi connectivity index (χ1v) is 6.81. The summed E-state index contributed by atoms with van der Waals surface area (Å²) in [6.45, 7) is 5.97. The Morgan fingerprint density at radius 2 is 2.17 bits per heavy atom. The molecule has 0 aromatic heterocycles. The highest BCUT2D eigenvalue weighted by Gasteiger charge is 2.32. The molecule has 0 saturated carbocycles. The van der Waals surface area contributed by atoms with Crippen LogP contribution in [-0.2, 0) is 0 Å². The predicted octanol–water partition coefficient (Wildman–Crippen LogP) is 3.65. The van der Waals surface area contributed by atoms with E-state index in [1.807, 2.05) is 6.07 Å². The molecular weight excluding hydrogens is 229 g/mol. The van der Waals surface area contributed by atoms with E-state index in [0.29, 0.717) is 17.6 Å². The molecule has 1 N–H and O–H groups in total. The van der Waals surface area contributed by atoms with E-state index < -0.39 is 6.10 Å². The molecule has 0 bridgehead atoms. The molecule has 1 heterocycles. The van der Waals surface area contributed by atoms with E-state index in [2.05, 4.69) is 18.7 Å². The minimum atomic E-state index is -0.772. The number of aliphatic hydroxyl groups is 1. The molecule has 1 aliphatic rings. The van der Waals surface area contributed by atoms with Gasteiger partial charge in [-0.2, -0.15) is 0 Å². The average Bonchev–Trinajstić information content (AvgIpc) is 2.69. The molecule has 2 unspecified atom stereocenters. The number of aliphatic hydroxyl groups excluding tert-OH is 1. The number of halogens is 1. The molecule has 3 atom stereocenters. The van der Waals surface area contributed by atoms with Gasteiger partial charge in [-0.05, 0) is 45.2 Å². The van der Waals surface area contributed by atoms with Crippen LogP contribution in [-0.4, -0.2) is 17.2 Å². The van der Waals surface area contributed by atoms with Gasteiger partial charge in [-0.3, -0.25) is 0 Å². The van der Waals surface area contributed by atoms with Crippen LogP contribution >= 0.6 is 0 Å². The third-order valence-electron chi connectivity index (χ3n) is 3.98. The summed E-state index contributed by atoms with van der Waals surface area (Å²) in [5.41, 5.74) is 1.30. The fraction of sp³-hybridized carbons (Fsp3) is 0.600. The van der Waals surface area contributed by atoms with Crippen molar-refractivity contribution in [3.8, 4) is 0 Å². The SMILES string of the molecule is CCC1CCC(C)N1c1cccc(F)c1[C@H](C)O. The molecule has 0 radical (unpaired) electrons. The molecule has 18 heavy (non-hydrogen) atoms. The molecule has 0 aliphatic carbocycles. The lowest BCUT2D eigenvalue weighted by Crippen LogP contribution is -2.35. The van der Waals surface area contributed by atoms with Crippen LogP contribution in [0, 0.1) is 5.82 Å². The largest absolute Gasteiger partial charge is 0.389 e. The Balaban J connectivity index is 2.46. The summed E-state index contributed by atoms with van der Waals surface area (Å²) < 4.78 is 13.9. The van der Waals surface area contributed by atoms with Crippen LogP contribution in [0.2, 0.25) is 0 Å². The van der Waals surface area contributed by atoms with Gasteiger partial charge in [0.25, 0.3) is 0 Å². The summed E-state index contributed by atoms with van der Waals surface area (Å²) in [7, 11) is 0. The molecule has 1 aromatic carbocycles. The van der Waals surface area contributed by atoms with Crippen LogP contribution in [0.1, 0.15) is 51.7 Å². The van der Waals surface area contributed by atoms with Gasteiger partial charge in [-0.25, -0.2) is 4.39 Å². The Kier molecular flexibility index (Phi) is 3.91. The minimum absolute atomic E-state index is 0.309. The molecule has 1 aliphatic heterocycles. The molecule has 2 rings (SSSR count). The summed E-state index contributed by atoms with van der Waals surface area (Å²) >= 11 is 0. The number of nitrogens with zero attached hydrogens (tertiary/aromatic N) is 1. The van der Waals surface area contributed by atoms with Crippen molar-refractivity contribution in [1.82, 2.24) is 0 Å². The first-order chi connectivity index (χ1) is 8.56. The van der Waals surface area contributed by atoms with Crippen LogP contribution in [0.3, 0.4) is 0 Å². The van der Waals surface area contributed by atoms with Crippen molar-refractivity contribution in [1.29, 1.82) is 0 Å². The molecule has 2 nitrogen and oxygen atoms in total. The smallest absolute Gasteiger partial charge is 0.131 e. The number of rotatable bonds is 3. The highest BCUT2D eigenvalue weighted by atomic mass is 19.1. The van der Waals surface area contributed by atoms with E-state index in [1.165, 1.54) is 6.07 Å². The zero-order valence-electron chi connectivity index (χ0n) is 11.4. The van der Waals surface area contributed by atoms with Crippen molar-refractivity contribution in [2.24, 2.45) is 0 Å². The van der Waals surface area contributed by atoms with Gasteiger partial charge in [0.15, 0.2) is 0 Å². The van der Waals surface area contributed by atoms with Gasteiger partial charge >= 0.3 is 0 Å². The van der Waals surface area contributed by atoms with E-state index >= 15 is 0 Å². The van der Waals surface area contributed by atoms with Gasteiger partial charge in [-0.15, -0.1) is 0 Å². The van der Waals surface area contributed by atoms with Crippen molar-refractivity contribution >= 4 is 5.69 Å². The lowest BCUT2D eigenvalue weighted by atomic mass is 10.0. The van der Waals surface area contributed by atoms with Crippen LogP contribution in [0.15, 0.2) is 18.2 Å². The molecule has 1 fully saturated rings. The molecule has 3 heteroatoms. The van der Waals surface area contributed by atoms with Crippen molar-refractivity contribution in [2.75, 3.05) is 4.90 Å². The average molecular weight is 251 g/mol. The van der Waals surface area contributed by atoms with E-state index in [1.54, 1.807) is 13.0 Å². The summed E-state index contributed by atoms with van der Waals surface area (Å²) in [6, 6.07) is 5.95. The lowest BCUT2D eigenvalue weighted by molar-refractivity contribution is 0.194. The van der Waals surface area contributed by atoms with E-state index in [0.717, 1.165) is 24.9 Å². The highest BCUT2D eigenvalue weighted by molar-refractivity contribution is 5.57. The topological polar surface area (TPSA) is 23.5 Å². The maximum absolute atomic E-state index is 13.9. The van der Waals surface area contributed by atoms with E-state index in [9.17, 15) is 9.50 Å². The molecular formula is C15H22FNO. The second-order valence-electron chi connectivity index (χ2n) is 5.24. The second-order valence-corrected chi connectivity index (χ2v) is 5.24. The van der Waals surface area contributed by atoms with Gasteiger partial charge in [0.05, 0.1) is 6.10 Å². The standard InChI is InChI=1S/C15H22FNO/c1-4-12-9-8-10(2)17(12)14-7-5-6-13(16)15(14)11(3)18/h5-7,10-12,18H,4,8-9H2,1-3H3/t10?,11-,12?/m0/s1. The van der Waals surface area contributed by atoms with Crippen LogP contribution in [0.25, 0.3) is 0 Å². The number of benzene rings is 1. The Labute approximate surface area is 108 Å². The molecule has 0 spiro atoms. The van der Waals surface area contributed by atoms with Crippen molar-refractivity contribution < 1.29 is 9.50 Å². The minimum Gasteiger partial charge on any atom is -0.389 e. The maximum Gasteiger partial charge on any atom is 0.131 e. The Morgan fingerprint density at radius 1 is 1.44 bits per heavy atom. The fourth-order valence-electron chi connectivity index (χ4n) is 3.07.